The standard InChI is InChI=1S/C18H16F3N3/c1-11-8-9-22-17-16(11)23-15(10-24(17)14-6-7-14)12-2-4-13(5-3-12)18(19,20)21/h2-5,8-9,14H,6-7,10H2,1H3. The van der Waals surface area contributed by atoms with E-state index < -0.39 is 11.7 Å². The predicted octanol–water partition coefficient (Wildman–Crippen LogP) is 4.51. The Hall–Kier alpha value is -2.37. The molecule has 0 radical (unpaired) electrons. The van der Waals surface area contributed by atoms with Gasteiger partial charge in [0.1, 0.15) is 5.69 Å². The number of aryl methyl sites for hydroxylation is 1. The summed E-state index contributed by atoms with van der Waals surface area (Å²) < 4.78 is 38.2. The van der Waals surface area contributed by atoms with Crippen molar-refractivity contribution in [2.24, 2.45) is 4.99 Å². The molecule has 1 aliphatic carbocycles. The van der Waals surface area contributed by atoms with Crippen LogP contribution >= 0.6 is 0 Å². The molecule has 2 aromatic rings. The first-order valence-electron chi connectivity index (χ1n) is 7.91. The normalized spacial score (nSPS) is 17.5. The molecule has 4 rings (SSSR count). The van der Waals surface area contributed by atoms with Crippen molar-refractivity contribution in [1.82, 2.24) is 4.98 Å². The summed E-state index contributed by atoms with van der Waals surface area (Å²) in [5.41, 5.74) is 2.72. The fraction of sp³-hybridized carbons (Fsp3) is 0.333. The molecule has 0 bridgehead atoms. The third-order valence-electron chi connectivity index (χ3n) is 4.48. The molecule has 1 fully saturated rings. The fourth-order valence-corrected chi connectivity index (χ4v) is 2.99. The number of anilines is 1. The maximum atomic E-state index is 12.7. The molecule has 0 atom stereocenters. The van der Waals surface area contributed by atoms with Crippen LogP contribution in [0.3, 0.4) is 0 Å². The van der Waals surface area contributed by atoms with E-state index in [2.05, 4.69) is 9.88 Å². The van der Waals surface area contributed by atoms with Gasteiger partial charge in [-0.15, -0.1) is 0 Å². The van der Waals surface area contributed by atoms with Crippen LogP contribution in [0.2, 0.25) is 0 Å². The Balaban J connectivity index is 1.74. The van der Waals surface area contributed by atoms with Gasteiger partial charge in [-0.2, -0.15) is 13.2 Å². The second-order valence-corrected chi connectivity index (χ2v) is 6.29. The quantitative estimate of drug-likeness (QED) is 0.810. The van der Waals surface area contributed by atoms with Crippen molar-refractivity contribution in [2.45, 2.75) is 32.0 Å². The molecule has 2 aliphatic rings. The molecule has 124 valence electrons. The summed E-state index contributed by atoms with van der Waals surface area (Å²) in [7, 11) is 0. The third kappa shape index (κ3) is 2.66. The highest BCUT2D eigenvalue weighted by Gasteiger charge is 2.35. The molecule has 6 heteroatoms. The van der Waals surface area contributed by atoms with E-state index in [1.807, 2.05) is 13.0 Å². The third-order valence-corrected chi connectivity index (χ3v) is 4.48. The summed E-state index contributed by atoms with van der Waals surface area (Å²) >= 11 is 0. The number of hydrogen-bond donors (Lipinski definition) is 0. The number of alkyl halides is 3. The zero-order valence-electron chi connectivity index (χ0n) is 13.1. The van der Waals surface area contributed by atoms with Crippen molar-refractivity contribution in [2.75, 3.05) is 11.4 Å². The van der Waals surface area contributed by atoms with Gasteiger partial charge in [-0.25, -0.2) is 9.98 Å². The molecule has 1 saturated carbocycles. The Morgan fingerprint density at radius 2 is 1.79 bits per heavy atom. The van der Waals surface area contributed by atoms with E-state index in [4.69, 9.17) is 4.99 Å². The number of rotatable bonds is 2. The van der Waals surface area contributed by atoms with Crippen molar-refractivity contribution in [1.29, 1.82) is 0 Å². The highest BCUT2D eigenvalue weighted by atomic mass is 19.4. The number of fused-ring (bicyclic) bond motifs is 1. The van der Waals surface area contributed by atoms with E-state index in [0.29, 0.717) is 12.6 Å². The molecule has 1 aromatic carbocycles. The van der Waals surface area contributed by atoms with Gasteiger partial charge < -0.3 is 4.90 Å². The molecule has 3 nitrogen and oxygen atoms in total. The van der Waals surface area contributed by atoms with E-state index in [-0.39, 0.29) is 0 Å². The molecule has 0 saturated heterocycles. The number of pyridine rings is 1. The van der Waals surface area contributed by atoms with Crippen LogP contribution in [0.1, 0.15) is 29.5 Å². The van der Waals surface area contributed by atoms with Crippen LogP contribution in [-0.4, -0.2) is 23.3 Å². The Bertz CT molecular complexity index is 805. The van der Waals surface area contributed by atoms with E-state index >= 15 is 0 Å². The average molecular weight is 331 g/mol. The average Bonchev–Trinajstić information content (AvgIpc) is 3.39. The Morgan fingerprint density at radius 3 is 2.42 bits per heavy atom. The number of aliphatic imine (C=N–C) groups is 1. The minimum absolute atomic E-state index is 0.456. The number of halogens is 3. The largest absolute Gasteiger partial charge is 0.416 e. The van der Waals surface area contributed by atoms with Gasteiger partial charge in [0.25, 0.3) is 0 Å². The number of nitrogens with zero attached hydrogens (tertiary/aromatic N) is 3. The predicted molar refractivity (Wildman–Crippen MR) is 87.0 cm³/mol. The van der Waals surface area contributed by atoms with Gasteiger partial charge in [-0.3, -0.25) is 0 Å². The SMILES string of the molecule is Cc1ccnc2c1N=C(c1ccc(C(F)(F)F)cc1)CN2C1CC1. The smallest absolute Gasteiger partial charge is 0.346 e. The lowest BCUT2D eigenvalue weighted by Gasteiger charge is -2.30. The second kappa shape index (κ2) is 5.33. The van der Waals surface area contributed by atoms with Gasteiger partial charge >= 0.3 is 6.18 Å². The number of aromatic nitrogens is 1. The van der Waals surface area contributed by atoms with Crippen molar-refractivity contribution in [3.05, 3.63) is 53.2 Å². The molecule has 24 heavy (non-hydrogen) atoms. The van der Waals surface area contributed by atoms with Gasteiger partial charge in [-0.05, 0) is 49.1 Å². The van der Waals surface area contributed by atoms with Crippen LogP contribution in [0.5, 0.6) is 0 Å². The Morgan fingerprint density at radius 1 is 1.08 bits per heavy atom. The lowest BCUT2D eigenvalue weighted by molar-refractivity contribution is -0.137. The molecule has 0 N–H and O–H groups in total. The maximum absolute atomic E-state index is 12.7. The minimum Gasteiger partial charge on any atom is -0.346 e. The van der Waals surface area contributed by atoms with Crippen LogP contribution in [0.15, 0.2) is 41.5 Å². The minimum atomic E-state index is -4.32. The van der Waals surface area contributed by atoms with Crippen LogP contribution in [-0.2, 0) is 6.18 Å². The van der Waals surface area contributed by atoms with Gasteiger partial charge in [-0.1, -0.05) is 12.1 Å². The Labute approximate surface area is 137 Å². The van der Waals surface area contributed by atoms with E-state index in [9.17, 15) is 13.2 Å². The van der Waals surface area contributed by atoms with Crippen LogP contribution in [0.25, 0.3) is 0 Å². The molecule has 0 spiro atoms. The van der Waals surface area contributed by atoms with E-state index in [1.165, 1.54) is 12.1 Å². The highest BCUT2D eigenvalue weighted by molar-refractivity contribution is 6.07. The number of benzene rings is 1. The zero-order valence-corrected chi connectivity index (χ0v) is 13.1. The highest BCUT2D eigenvalue weighted by Crippen LogP contribution is 2.40. The van der Waals surface area contributed by atoms with Crippen molar-refractivity contribution in [3.63, 3.8) is 0 Å². The maximum Gasteiger partial charge on any atom is 0.416 e. The molecule has 1 aliphatic heterocycles. The molecule has 1 aromatic heterocycles. The van der Waals surface area contributed by atoms with Crippen molar-refractivity contribution < 1.29 is 13.2 Å². The van der Waals surface area contributed by atoms with Gasteiger partial charge in [0.15, 0.2) is 5.82 Å². The summed E-state index contributed by atoms with van der Waals surface area (Å²) in [6.07, 6.45) is -0.299. The summed E-state index contributed by atoms with van der Waals surface area (Å²) in [6.45, 7) is 2.56. The first kappa shape index (κ1) is 15.2. The molecule has 2 heterocycles. The van der Waals surface area contributed by atoms with Crippen LogP contribution in [0, 0.1) is 6.92 Å². The topological polar surface area (TPSA) is 28.5 Å². The first-order chi connectivity index (χ1) is 11.4. The summed E-state index contributed by atoms with van der Waals surface area (Å²) in [5, 5.41) is 0. The molecule has 0 amide bonds. The first-order valence-corrected chi connectivity index (χ1v) is 7.91. The van der Waals surface area contributed by atoms with Crippen LogP contribution < -0.4 is 4.90 Å². The van der Waals surface area contributed by atoms with Gasteiger partial charge in [0.05, 0.1) is 17.8 Å². The van der Waals surface area contributed by atoms with Crippen molar-refractivity contribution >= 4 is 17.2 Å². The fourth-order valence-electron chi connectivity index (χ4n) is 2.99. The Kier molecular flexibility index (Phi) is 3.37. The summed E-state index contributed by atoms with van der Waals surface area (Å²) in [5.74, 6) is 0.883. The summed E-state index contributed by atoms with van der Waals surface area (Å²) in [4.78, 5) is 11.4. The lowest BCUT2D eigenvalue weighted by Crippen LogP contribution is -2.35. The number of hydrogen-bond acceptors (Lipinski definition) is 3. The van der Waals surface area contributed by atoms with Crippen molar-refractivity contribution in [3.8, 4) is 0 Å². The lowest BCUT2D eigenvalue weighted by atomic mass is 10.0. The van der Waals surface area contributed by atoms with Crippen LogP contribution in [0.4, 0.5) is 24.7 Å². The zero-order chi connectivity index (χ0) is 16.9. The van der Waals surface area contributed by atoms with E-state index in [1.54, 1.807) is 6.20 Å². The second-order valence-electron chi connectivity index (χ2n) is 6.29. The van der Waals surface area contributed by atoms with E-state index in [0.717, 1.165) is 53.3 Å². The monoisotopic (exact) mass is 331 g/mol. The molecular weight excluding hydrogens is 315 g/mol. The molecular formula is C18H16F3N3. The van der Waals surface area contributed by atoms with Gasteiger partial charge in [0.2, 0.25) is 0 Å². The summed E-state index contributed by atoms with van der Waals surface area (Å²) in [6, 6.07) is 7.60. The van der Waals surface area contributed by atoms with Gasteiger partial charge in [0, 0.05) is 12.2 Å². The molecule has 0 unspecified atom stereocenters.